The third kappa shape index (κ3) is 3.68. The van der Waals surface area contributed by atoms with Crippen LogP contribution in [0, 0.1) is 0 Å². The molecule has 0 aliphatic carbocycles. The number of ether oxygens (including phenoxy) is 1. The minimum Gasteiger partial charge on any atom is -0.481 e. The van der Waals surface area contributed by atoms with Crippen LogP contribution in [0.25, 0.3) is 0 Å². The summed E-state index contributed by atoms with van der Waals surface area (Å²) in [5, 5.41) is 8.99. The second-order valence-corrected chi connectivity index (χ2v) is 4.53. The maximum absolute atomic E-state index is 8.99. The SMILES string of the molecule is COc1cc(N2CCCN(CCO)CC2)nc(N)n1. The molecular formula is C12H21N5O2. The first-order chi connectivity index (χ1) is 9.22. The van der Waals surface area contributed by atoms with E-state index < -0.39 is 0 Å². The van der Waals surface area contributed by atoms with Crippen LogP contribution < -0.4 is 15.4 Å². The molecule has 106 valence electrons. The highest BCUT2D eigenvalue weighted by molar-refractivity contribution is 5.45. The van der Waals surface area contributed by atoms with E-state index >= 15 is 0 Å². The van der Waals surface area contributed by atoms with Gasteiger partial charge in [0.25, 0.3) is 0 Å². The van der Waals surface area contributed by atoms with Crippen LogP contribution >= 0.6 is 0 Å². The number of methoxy groups -OCH3 is 1. The normalized spacial score (nSPS) is 17.3. The standard InChI is InChI=1S/C12H21N5O2/c1-19-11-9-10(14-12(13)15-11)17-4-2-3-16(5-6-17)7-8-18/h9,18H,2-8H2,1H3,(H2,13,14,15). The zero-order valence-corrected chi connectivity index (χ0v) is 11.2. The van der Waals surface area contributed by atoms with Gasteiger partial charge in [0.2, 0.25) is 11.8 Å². The summed E-state index contributed by atoms with van der Waals surface area (Å²) in [6, 6.07) is 1.80. The molecule has 7 heteroatoms. The Bertz CT molecular complexity index is 415. The summed E-state index contributed by atoms with van der Waals surface area (Å²) in [7, 11) is 1.57. The van der Waals surface area contributed by atoms with Gasteiger partial charge in [-0.05, 0) is 13.0 Å². The van der Waals surface area contributed by atoms with Crippen molar-refractivity contribution in [3.63, 3.8) is 0 Å². The van der Waals surface area contributed by atoms with E-state index in [0.29, 0.717) is 5.88 Å². The summed E-state index contributed by atoms with van der Waals surface area (Å²) < 4.78 is 5.12. The minimum atomic E-state index is 0.203. The number of rotatable bonds is 4. The van der Waals surface area contributed by atoms with Crippen LogP contribution in [0.15, 0.2) is 6.07 Å². The number of hydrogen-bond acceptors (Lipinski definition) is 7. The van der Waals surface area contributed by atoms with Crippen LogP contribution in [0.4, 0.5) is 11.8 Å². The number of nitrogens with zero attached hydrogens (tertiary/aromatic N) is 4. The van der Waals surface area contributed by atoms with E-state index in [0.717, 1.165) is 45.0 Å². The average molecular weight is 267 g/mol. The number of hydrogen-bond donors (Lipinski definition) is 2. The van der Waals surface area contributed by atoms with Gasteiger partial charge in [0, 0.05) is 32.2 Å². The molecule has 1 saturated heterocycles. The molecule has 1 aromatic heterocycles. The van der Waals surface area contributed by atoms with E-state index in [1.165, 1.54) is 0 Å². The van der Waals surface area contributed by atoms with E-state index in [2.05, 4.69) is 19.8 Å². The molecule has 2 heterocycles. The lowest BCUT2D eigenvalue weighted by Crippen LogP contribution is -2.32. The quantitative estimate of drug-likeness (QED) is 0.765. The Labute approximate surface area is 113 Å². The van der Waals surface area contributed by atoms with Crippen molar-refractivity contribution in [3.8, 4) is 5.88 Å². The number of anilines is 2. The third-order valence-electron chi connectivity index (χ3n) is 3.24. The molecule has 3 N–H and O–H groups in total. The molecule has 1 aromatic rings. The number of nitrogens with two attached hydrogens (primary N) is 1. The largest absolute Gasteiger partial charge is 0.481 e. The number of aliphatic hydroxyl groups is 1. The lowest BCUT2D eigenvalue weighted by atomic mass is 10.3. The van der Waals surface area contributed by atoms with Crippen molar-refractivity contribution in [2.24, 2.45) is 0 Å². The smallest absolute Gasteiger partial charge is 0.225 e. The van der Waals surface area contributed by atoms with Crippen molar-refractivity contribution >= 4 is 11.8 Å². The molecule has 0 radical (unpaired) electrons. The van der Waals surface area contributed by atoms with Crippen LogP contribution in [0.5, 0.6) is 5.88 Å². The van der Waals surface area contributed by atoms with Gasteiger partial charge in [0.05, 0.1) is 13.7 Å². The summed E-state index contributed by atoms with van der Waals surface area (Å²) >= 11 is 0. The van der Waals surface area contributed by atoms with Gasteiger partial charge in [-0.25, -0.2) is 0 Å². The van der Waals surface area contributed by atoms with Crippen LogP contribution in [0.1, 0.15) is 6.42 Å². The first-order valence-electron chi connectivity index (χ1n) is 6.49. The number of β-amino-alcohol motifs (C(OH)–C–C–N with tert-alkyl or cyclic N) is 1. The maximum Gasteiger partial charge on any atom is 0.225 e. The van der Waals surface area contributed by atoms with Gasteiger partial charge in [-0.15, -0.1) is 0 Å². The molecule has 0 aromatic carbocycles. The summed E-state index contributed by atoms with van der Waals surface area (Å²) in [6.07, 6.45) is 1.03. The summed E-state index contributed by atoms with van der Waals surface area (Å²) in [6.45, 7) is 4.61. The molecule has 1 fully saturated rings. The van der Waals surface area contributed by atoms with Crippen molar-refractivity contribution in [1.29, 1.82) is 0 Å². The molecule has 0 atom stereocenters. The van der Waals surface area contributed by atoms with Crippen LogP contribution in [-0.2, 0) is 0 Å². The first kappa shape index (κ1) is 13.8. The number of aromatic nitrogens is 2. The van der Waals surface area contributed by atoms with Crippen molar-refractivity contribution < 1.29 is 9.84 Å². The van der Waals surface area contributed by atoms with Gasteiger partial charge in [-0.1, -0.05) is 0 Å². The molecule has 0 amide bonds. The molecule has 1 aliphatic heterocycles. The highest BCUT2D eigenvalue weighted by Gasteiger charge is 2.16. The highest BCUT2D eigenvalue weighted by Crippen LogP contribution is 2.19. The summed E-state index contributed by atoms with van der Waals surface area (Å²) in [5.74, 6) is 1.51. The molecule has 1 aliphatic rings. The second kappa shape index (κ2) is 6.53. The van der Waals surface area contributed by atoms with E-state index in [1.54, 1.807) is 13.2 Å². The van der Waals surface area contributed by atoms with Crippen LogP contribution in [0.3, 0.4) is 0 Å². The van der Waals surface area contributed by atoms with E-state index in [9.17, 15) is 0 Å². The van der Waals surface area contributed by atoms with E-state index in [1.807, 2.05) is 0 Å². The molecule has 0 saturated carbocycles. The zero-order chi connectivity index (χ0) is 13.7. The Morgan fingerprint density at radius 2 is 2.16 bits per heavy atom. The Morgan fingerprint density at radius 1 is 1.32 bits per heavy atom. The highest BCUT2D eigenvalue weighted by atomic mass is 16.5. The lowest BCUT2D eigenvalue weighted by molar-refractivity contribution is 0.204. The van der Waals surface area contributed by atoms with Gasteiger partial charge < -0.3 is 20.5 Å². The summed E-state index contributed by atoms with van der Waals surface area (Å²) in [5.41, 5.74) is 5.68. The monoisotopic (exact) mass is 267 g/mol. The molecule has 0 spiro atoms. The third-order valence-corrected chi connectivity index (χ3v) is 3.24. The van der Waals surface area contributed by atoms with Gasteiger partial charge in [-0.2, -0.15) is 9.97 Å². The molecule has 0 unspecified atom stereocenters. The number of aliphatic hydroxyl groups excluding tert-OH is 1. The van der Waals surface area contributed by atoms with Gasteiger partial charge in [-0.3, -0.25) is 4.90 Å². The maximum atomic E-state index is 8.99. The Kier molecular flexibility index (Phi) is 4.75. The minimum absolute atomic E-state index is 0.203. The van der Waals surface area contributed by atoms with Crippen molar-refractivity contribution in [1.82, 2.24) is 14.9 Å². The Hall–Kier alpha value is -1.60. The van der Waals surface area contributed by atoms with Gasteiger partial charge >= 0.3 is 0 Å². The lowest BCUT2D eigenvalue weighted by Gasteiger charge is -2.22. The van der Waals surface area contributed by atoms with Crippen LogP contribution in [0.2, 0.25) is 0 Å². The second-order valence-electron chi connectivity index (χ2n) is 4.53. The number of nitrogen functional groups attached to an aromatic ring is 1. The molecule has 7 nitrogen and oxygen atoms in total. The fourth-order valence-electron chi connectivity index (χ4n) is 2.26. The topological polar surface area (TPSA) is 87.7 Å². The predicted molar refractivity (Wildman–Crippen MR) is 73.4 cm³/mol. The van der Waals surface area contributed by atoms with Gasteiger partial charge in [0.15, 0.2) is 0 Å². The van der Waals surface area contributed by atoms with Crippen molar-refractivity contribution in [3.05, 3.63) is 6.07 Å². The molecule has 0 bridgehead atoms. The average Bonchev–Trinajstić information content (AvgIpc) is 2.64. The van der Waals surface area contributed by atoms with E-state index in [4.69, 9.17) is 15.6 Å². The van der Waals surface area contributed by atoms with Crippen LogP contribution in [-0.4, -0.2) is 66.4 Å². The van der Waals surface area contributed by atoms with Gasteiger partial charge in [0.1, 0.15) is 5.82 Å². The Morgan fingerprint density at radius 3 is 2.89 bits per heavy atom. The summed E-state index contributed by atoms with van der Waals surface area (Å²) in [4.78, 5) is 12.7. The fourth-order valence-corrected chi connectivity index (χ4v) is 2.26. The van der Waals surface area contributed by atoms with E-state index in [-0.39, 0.29) is 12.6 Å². The first-order valence-corrected chi connectivity index (χ1v) is 6.49. The predicted octanol–water partition coefficient (Wildman–Crippen LogP) is -0.428. The van der Waals surface area contributed by atoms with Crippen molar-refractivity contribution in [2.45, 2.75) is 6.42 Å². The molecule has 2 rings (SSSR count). The van der Waals surface area contributed by atoms with Crippen molar-refractivity contribution in [2.75, 3.05) is 57.1 Å². The molecule has 19 heavy (non-hydrogen) atoms. The fraction of sp³-hybridized carbons (Fsp3) is 0.667. The Balaban J connectivity index is 2.07. The molecular weight excluding hydrogens is 246 g/mol. The zero-order valence-electron chi connectivity index (χ0n) is 11.2.